The first kappa shape index (κ1) is 7.80. The molecule has 0 bridgehead atoms. The van der Waals surface area contributed by atoms with Gasteiger partial charge in [-0.25, -0.2) is 4.98 Å². The highest BCUT2D eigenvalue weighted by Gasteiger charge is 2.27. The zero-order valence-electron chi connectivity index (χ0n) is 7.55. The molecule has 0 aromatic carbocycles. The van der Waals surface area contributed by atoms with Crippen molar-refractivity contribution >= 4 is 0 Å². The molecule has 0 radical (unpaired) electrons. The first-order valence-corrected chi connectivity index (χ1v) is 4.42. The van der Waals surface area contributed by atoms with Crippen molar-refractivity contribution in [2.75, 3.05) is 13.6 Å². The molecule has 3 nitrogen and oxygen atoms in total. The summed E-state index contributed by atoms with van der Waals surface area (Å²) in [4.78, 5) is 4.33. The van der Waals surface area contributed by atoms with Gasteiger partial charge in [-0.05, 0) is 19.9 Å². The Morgan fingerprint density at radius 2 is 2.50 bits per heavy atom. The molecule has 1 aliphatic carbocycles. The molecule has 1 atom stereocenters. The molecule has 3 heteroatoms. The summed E-state index contributed by atoms with van der Waals surface area (Å²) < 4.78 is 5.54. The number of nitrogens with zero attached hydrogens (tertiary/aromatic N) is 1. The number of nitrogens with one attached hydrogen (secondary N) is 1. The molecule has 0 fully saturated rings. The van der Waals surface area contributed by atoms with E-state index in [0.29, 0.717) is 5.92 Å². The van der Waals surface area contributed by atoms with E-state index in [1.165, 1.54) is 12.1 Å². The van der Waals surface area contributed by atoms with Crippen molar-refractivity contribution in [2.45, 2.75) is 25.7 Å². The Labute approximate surface area is 72.2 Å². The lowest BCUT2D eigenvalue weighted by Gasteiger charge is -2.05. The van der Waals surface area contributed by atoms with Crippen LogP contribution in [-0.2, 0) is 6.42 Å². The van der Waals surface area contributed by atoms with Crippen LogP contribution in [0.4, 0.5) is 0 Å². The maximum atomic E-state index is 5.54. The van der Waals surface area contributed by atoms with Gasteiger partial charge in [-0.15, -0.1) is 0 Å². The van der Waals surface area contributed by atoms with Crippen LogP contribution >= 0.6 is 0 Å². The molecule has 1 aromatic rings. The van der Waals surface area contributed by atoms with Crippen LogP contribution in [0.1, 0.15) is 29.7 Å². The summed E-state index contributed by atoms with van der Waals surface area (Å²) in [7, 11) is 1.97. The van der Waals surface area contributed by atoms with Gasteiger partial charge in [-0.2, -0.15) is 0 Å². The van der Waals surface area contributed by atoms with Crippen LogP contribution in [-0.4, -0.2) is 18.6 Å². The monoisotopic (exact) mass is 166 g/mol. The number of hydrogen-bond acceptors (Lipinski definition) is 3. The number of hydrogen-bond donors (Lipinski definition) is 1. The van der Waals surface area contributed by atoms with E-state index in [1.54, 1.807) is 0 Å². The Morgan fingerprint density at radius 1 is 1.67 bits per heavy atom. The minimum Gasteiger partial charge on any atom is -0.445 e. The van der Waals surface area contributed by atoms with E-state index in [-0.39, 0.29) is 0 Å². The first-order valence-electron chi connectivity index (χ1n) is 4.42. The summed E-state index contributed by atoms with van der Waals surface area (Å²) in [5, 5.41) is 3.17. The van der Waals surface area contributed by atoms with Gasteiger partial charge in [0.25, 0.3) is 0 Å². The second-order valence-corrected chi connectivity index (χ2v) is 3.34. The Bertz CT molecular complexity index is 280. The summed E-state index contributed by atoms with van der Waals surface area (Å²) in [5.41, 5.74) is 1.17. The van der Waals surface area contributed by atoms with Gasteiger partial charge in [0, 0.05) is 19.4 Å². The lowest BCUT2D eigenvalue weighted by molar-refractivity contribution is 0.433. The standard InChI is InChI=1S/C9H14N2O/c1-6-11-8-4-3-7(5-10-2)9(8)12-6/h7,10H,3-5H2,1-2H3. The molecule has 1 aromatic heterocycles. The smallest absolute Gasteiger partial charge is 0.191 e. The number of oxazole rings is 1. The first-order chi connectivity index (χ1) is 5.81. The van der Waals surface area contributed by atoms with Crippen LogP contribution in [0.25, 0.3) is 0 Å². The SMILES string of the molecule is CNCC1CCc2nc(C)oc21. The number of aromatic nitrogens is 1. The van der Waals surface area contributed by atoms with E-state index < -0.39 is 0 Å². The normalized spacial score (nSPS) is 21.3. The topological polar surface area (TPSA) is 38.1 Å². The maximum Gasteiger partial charge on any atom is 0.191 e. The molecule has 0 saturated heterocycles. The van der Waals surface area contributed by atoms with Crippen LogP contribution in [0.5, 0.6) is 0 Å². The highest BCUT2D eigenvalue weighted by Crippen LogP contribution is 2.32. The molecular formula is C9H14N2O. The molecule has 66 valence electrons. The lowest BCUT2D eigenvalue weighted by atomic mass is 10.1. The number of rotatable bonds is 2. The molecule has 1 aliphatic rings. The summed E-state index contributed by atoms with van der Waals surface area (Å²) in [6, 6.07) is 0. The van der Waals surface area contributed by atoms with E-state index >= 15 is 0 Å². The van der Waals surface area contributed by atoms with E-state index in [2.05, 4.69) is 10.3 Å². The van der Waals surface area contributed by atoms with Gasteiger partial charge in [0.15, 0.2) is 5.89 Å². The molecule has 1 heterocycles. The highest BCUT2D eigenvalue weighted by molar-refractivity contribution is 5.21. The van der Waals surface area contributed by atoms with Gasteiger partial charge in [0.1, 0.15) is 5.76 Å². The molecule has 0 spiro atoms. The molecule has 2 rings (SSSR count). The second-order valence-electron chi connectivity index (χ2n) is 3.34. The molecule has 12 heavy (non-hydrogen) atoms. The summed E-state index contributed by atoms with van der Waals surface area (Å²) in [6.07, 6.45) is 2.27. The van der Waals surface area contributed by atoms with Crippen molar-refractivity contribution in [3.8, 4) is 0 Å². The van der Waals surface area contributed by atoms with Gasteiger partial charge >= 0.3 is 0 Å². The molecule has 1 N–H and O–H groups in total. The van der Waals surface area contributed by atoms with Gasteiger partial charge in [0.05, 0.1) is 5.69 Å². The third kappa shape index (κ3) is 1.14. The van der Waals surface area contributed by atoms with Crippen LogP contribution in [0.15, 0.2) is 4.42 Å². The largest absolute Gasteiger partial charge is 0.445 e. The summed E-state index contributed by atoms with van der Waals surface area (Å²) >= 11 is 0. The van der Waals surface area contributed by atoms with Gasteiger partial charge < -0.3 is 9.73 Å². The van der Waals surface area contributed by atoms with E-state index in [9.17, 15) is 0 Å². The van der Waals surface area contributed by atoms with E-state index in [1.807, 2.05) is 14.0 Å². The van der Waals surface area contributed by atoms with Crippen LogP contribution in [0.3, 0.4) is 0 Å². The molecule has 0 saturated carbocycles. The quantitative estimate of drug-likeness (QED) is 0.718. The minimum absolute atomic E-state index is 0.547. The minimum atomic E-state index is 0.547. The summed E-state index contributed by atoms with van der Waals surface area (Å²) in [6.45, 7) is 2.91. The average Bonchev–Trinajstić information content (AvgIpc) is 2.52. The second kappa shape index (κ2) is 2.90. The van der Waals surface area contributed by atoms with E-state index in [4.69, 9.17) is 4.42 Å². The molecule has 0 amide bonds. The zero-order chi connectivity index (χ0) is 8.55. The van der Waals surface area contributed by atoms with Crippen molar-refractivity contribution in [1.82, 2.24) is 10.3 Å². The van der Waals surface area contributed by atoms with Crippen molar-refractivity contribution in [3.63, 3.8) is 0 Å². The Balaban J connectivity index is 2.22. The predicted octanol–water partition coefficient (Wildman–Crippen LogP) is 1.23. The molecular weight excluding hydrogens is 152 g/mol. The van der Waals surface area contributed by atoms with Crippen molar-refractivity contribution in [1.29, 1.82) is 0 Å². The average molecular weight is 166 g/mol. The molecule has 1 unspecified atom stereocenters. The Hall–Kier alpha value is -0.830. The number of fused-ring (bicyclic) bond motifs is 1. The highest BCUT2D eigenvalue weighted by atomic mass is 16.4. The summed E-state index contributed by atoms with van der Waals surface area (Å²) in [5.74, 6) is 2.47. The maximum absolute atomic E-state index is 5.54. The lowest BCUT2D eigenvalue weighted by Crippen LogP contribution is -2.14. The predicted molar refractivity (Wildman–Crippen MR) is 46.2 cm³/mol. The molecule has 0 aliphatic heterocycles. The van der Waals surface area contributed by atoms with Crippen LogP contribution in [0, 0.1) is 6.92 Å². The fraction of sp³-hybridized carbons (Fsp3) is 0.667. The van der Waals surface area contributed by atoms with Crippen LogP contribution in [0.2, 0.25) is 0 Å². The van der Waals surface area contributed by atoms with Crippen molar-refractivity contribution in [2.24, 2.45) is 0 Å². The number of likely N-dealkylation sites (N-methyl/N-ethyl adjacent to an activating group) is 1. The number of aryl methyl sites for hydroxylation is 2. The van der Waals surface area contributed by atoms with Gasteiger partial charge in [0.2, 0.25) is 0 Å². The third-order valence-corrected chi connectivity index (χ3v) is 2.39. The van der Waals surface area contributed by atoms with E-state index in [0.717, 1.165) is 24.6 Å². The van der Waals surface area contributed by atoms with Crippen LogP contribution < -0.4 is 5.32 Å². The fourth-order valence-corrected chi connectivity index (χ4v) is 1.87. The third-order valence-electron chi connectivity index (χ3n) is 2.39. The van der Waals surface area contributed by atoms with Crippen molar-refractivity contribution < 1.29 is 4.42 Å². The fourth-order valence-electron chi connectivity index (χ4n) is 1.87. The zero-order valence-corrected chi connectivity index (χ0v) is 7.55. The Kier molecular flexibility index (Phi) is 1.89. The van der Waals surface area contributed by atoms with Crippen molar-refractivity contribution in [3.05, 3.63) is 17.3 Å². The Morgan fingerprint density at radius 3 is 3.25 bits per heavy atom. The van der Waals surface area contributed by atoms with Gasteiger partial charge in [-0.1, -0.05) is 0 Å². The van der Waals surface area contributed by atoms with Gasteiger partial charge in [-0.3, -0.25) is 0 Å².